The van der Waals surface area contributed by atoms with Crippen LogP contribution in [0.15, 0.2) is 33.3 Å². The Morgan fingerprint density at radius 3 is 2.88 bits per heavy atom. The first-order valence-electron chi connectivity index (χ1n) is 8.22. The summed E-state index contributed by atoms with van der Waals surface area (Å²) in [5, 5.41) is 7.57. The Hall–Kier alpha value is -1.44. The molecular weight excluding hydrogens is 372 g/mol. The van der Waals surface area contributed by atoms with Crippen LogP contribution in [0.3, 0.4) is 0 Å². The number of nitrogens with one attached hydrogen (secondary N) is 1. The summed E-state index contributed by atoms with van der Waals surface area (Å²) in [7, 11) is 2.08. The third-order valence-electron chi connectivity index (χ3n) is 4.21. The third kappa shape index (κ3) is 3.79. The van der Waals surface area contributed by atoms with E-state index in [9.17, 15) is 0 Å². The van der Waals surface area contributed by atoms with Crippen LogP contribution in [-0.2, 0) is 0 Å². The molecule has 0 amide bonds. The molecule has 2 heterocycles. The summed E-state index contributed by atoms with van der Waals surface area (Å²) < 4.78 is 12.6. The van der Waals surface area contributed by atoms with Gasteiger partial charge in [-0.15, -0.1) is 0 Å². The average Bonchev–Trinajstić information content (AvgIpc) is 3.03. The Balaban J connectivity index is 1.81. The van der Waals surface area contributed by atoms with E-state index in [0.29, 0.717) is 11.7 Å². The molecule has 1 N–H and O–H groups in total. The molecule has 0 saturated carbocycles. The fourth-order valence-corrected chi connectivity index (χ4v) is 3.12. The van der Waals surface area contributed by atoms with Gasteiger partial charge in [-0.05, 0) is 41.0 Å². The minimum Gasteiger partial charge on any atom is -0.479 e. The fraction of sp³-hybridized carbons (Fsp3) is 0.529. The molecule has 2 aromatic rings. The molecule has 130 valence electrons. The van der Waals surface area contributed by atoms with Crippen molar-refractivity contribution in [2.45, 2.75) is 26.0 Å². The molecule has 1 aromatic carbocycles. The predicted molar refractivity (Wildman–Crippen MR) is 94.9 cm³/mol. The van der Waals surface area contributed by atoms with Gasteiger partial charge < -0.3 is 14.6 Å². The highest BCUT2D eigenvalue weighted by Gasteiger charge is 2.29. The molecule has 7 heteroatoms. The van der Waals surface area contributed by atoms with Crippen molar-refractivity contribution in [3.8, 4) is 5.75 Å². The lowest BCUT2D eigenvalue weighted by Crippen LogP contribution is -2.44. The molecule has 0 radical (unpaired) electrons. The number of benzene rings is 1. The minimum absolute atomic E-state index is 0.132. The number of ether oxygens (including phenoxy) is 1. The van der Waals surface area contributed by atoms with Gasteiger partial charge in [-0.1, -0.05) is 31.1 Å². The standard InChI is InChI=1S/C17H23BrN4O2/c1-11(2)15(23-14-7-5-4-6-12(14)18)17-20-16(21-24-17)13-10-19-8-9-22(13)3/h4-7,11,13,15,19H,8-10H2,1-3H3. The van der Waals surface area contributed by atoms with E-state index in [0.717, 1.165) is 29.9 Å². The van der Waals surface area contributed by atoms with Gasteiger partial charge >= 0.3 is 0 Å². The summed E-state index contributed by atoms with van der Waals surface area (Å²) >= 11 is 3.52. The van der Waals surface area contributed by atoms with Crippen LogP contribution >= 0.6 is 15.9 Å². The van der Waals surface area contributed by atoms with Gasteiger partial charge in [0.15, 0.2) is 11.9 Å². The van der Waals surface area contributed by atoms with Crippen molar-refractivity contribution in [1.82, 2.24) is 20.4 Å². The molecule has 0 aliphatic carbocycles. The number of rotatable bonds is 5. The molecule has 0 bridgehead atoms. The lowest BCUT2D eigenvalue weighted by atomic mass is 10.1. The van der Waals surface area contributed by atoms with Gasteiger partial charge in [-0.2, -0.15) is 4.98 Å². The Kier molecular flexibility index (Phi) is 5.53. The van der Waals surface area contributed by atoms with Gasteiger partial charge in [0.2, 0.25) is 0 Å². The summed E-state index contributed by atoms with van der Waals surface area (Å²) in [6.45, 7) is 6.94. The van der Waals surface area contributed by atoms with Gasteiger partial charge in [0.1, 0.15) is 5.75 Å². The topological polar surface area (TPSA) is 63.4 Å². The first-order chi connectivity index (χ1) is 11.6. The van der Waals surface area contributed by atoms with E-state index in [1.165, 1.54) is 0 Å². The van der Waals surface area contributed by atoms with Gasteiger partial charge in [0.05, 0.1) is 10.5 Å². The largest absolute Gasteiger partial charge is 0.479 e. The number of halogens is 1. The van der Waals surface area contributed by atoms with E-state index in [1.807, 2.05) is 24.3 Å². The molecular formula is C17H23BrN4O2. The van der Waals surface area contributed by atoms with Crippen molar-refractivity contribution >= 4 is 15.9 Å². The minimum atomic E-state index is -0.285. The van der Waals surface area contributed by atoms with Crippen molar-refractivity contribution < 1.29 is 9.26 Å². The maximum Gasteiger partial charge on any atom is 0.268 e. The average molecular weight is 395 g/mol. The normalized spacial score (nSPS) is 20.3. The number of piperazine rings is 1. The maximum atomic E-state index is 6.15. The molecule has 1 fully saturated rings. The molecule has 0 spiro atoms. The van der Waals surface area contributed by atoms with E-state index in [2.05, 4.69) is 57.2 Å². The molecule has 3 rings (SSSR count). The third-order valence-corrected chi connectivity index (χ3v) is 4.86. The van der Waals surface area contributed by atoms with Gasteiger partial charge in [0.25, 0.3) is 5.89 Å². The zero-order valence-corrected chi connectivity index (χ0v) is 15.8. The molecule has 1 aliphatic heterocycles. The lowest BCUT2D eigenvalue weighted by Gasteiger charge is -2.30. The van der Waals surface area contributed by atoms with Crippen LogP contribution in [-0.4, -0.2) is 41.7 Å². The van der Waals surface area contributed by atoms with Crippen molar-refractivity contribution in [1.29, 1.82) is 0 Å². The maximum absolute atomic E-state index is 6.15. The van der Waals surface area contributed by atoms with Crippen LogP contribution < -0.4 is 10.1 Å². The van der Waals surface area contributed by atoms with Gasteiger partial charge in [0, 0.05) is 19.6 Å². The second-order valence-corrected chi connectivity index (χ2v) is 7.26. The van der Waals surface area contributed by atoms with E-state index in [1.54, 1.807) is 0 Å². The highest BCUT2D eigenvalue weighted by atomic mass is 79.9. The fourth-order valence-electron chi connectivity index (χ4n) is 2.74. The second-order valence-electron chi connectivity index (χ2n) is 6.40. The first-order valence-corrected chi connectivity index (χ1v) is 9.01. The number of nitrogens with zero attached hydrogens (tertiary/aromatic N) is 3. The summed E-state index contributed by atoms with van der Waals surface area (Å²) in [6, 6.07) is 7.91. The number of likely N-dealkylation sites (N-methyl/N-ethyl adjacent to an activating group) is 1. The number of hydrogen-bond donors (Lipinski definition) is 1. The quantitative estimate of drug-likeness (QED) is 0.839. The van der Waals surface area contributed by atoms with Crippen molar-refractivity contribution in [2.75, 3.05) is 26.7 Å². The molecule has 1 aromatic heterocycles. The summed E-state index contributed by atoms with van der Waals surface area (Å²) in [5.41, 5.74) is 0. The zero-order valence-electron chi connectivity index (χ0n) is 14.2. The summed E-state index contributed by atoms with van der Waals surface area (Å²) in [5.74, 6) is 2.20. The predicted octanol–water partition coefficient (Wildman–Crippen LogP) is 3.18. The smallest absolute Gasteiger partial charge is 0.268 e. The van der Waals surface area contributed by atoms with E-state index in [-0.39, 0.29) is 18.1 Å². The summed E-state index contributed by atoms with van der Waals surface area (Å²) in [4.78, 5) is 6.87. The molecule has 24 heavy (non-hydrogen) atoms. The Labute approximate surface area is 150 Å². The van der Waals surface area contributed by atoms with Crippen LogP contribution in [0.2, 0.25) is 0 Å². The molecule has 2 unspecified atom stereocenters. The first kappa shape index (κ1) is 17.4. The van der Waals surface area contributed by atoms with E-state index in [4.69, 9.17) is 9.26 Å². The highest BCUT2D eigenvalue weighted by Crippen LogP contribution is 2.32. The van der Waals surface area contributed by atoms with E-state index < -0.39 is 0 Å². The zero-order chi connectivity index (χ0) is 17.1. The van der Waals surface area contributed by atoms with E-state index >= 15 is 0 Å². The Bertz CT molecular complexity index is 676. The number of aromatic nitrogens is 2. The Morgan fingerprint density at radius 1 is 1.38 bits per heavy atom. The number of para-hydroxylation sites is 1. The van der Waals surface area contributed by atoms with Crippen LogP contribution in [0.5, 0.6) is 5.75 Å². The molecule has 6 nitrogen and oxygen atoms in total. The lowest BCUT2D eigenvalue weighted by molar-refractivity contribution is 0.113. The van der Waals surface area contributed by atoms with Gasteiger partial charge in [-0.3, -0.25) is 4.90 Å². The highest BCUT2D eigenvalue weighted by molar-refractivity contribution is 9.10. The van der Waals surface area contributed by atoms with Crippen LogP contribution in [0.1, 0.15) is 37.7 Å². The van der Waals surface area contributed by atoms with Crippen LogP contribution in [0, 0.1) is 5.92 Å². The second kappa shape index (κ2) is 7.63. The molecule has 1 saturated heterocycles. The number of hydrogen-bond acceptors (Lipinski definition) is 6. The molecule has 1 aliphatic rings. The monoisotopic (exact) mass is 394 g/mol. The van der Waals surface area contributed by atoms with Gasteiger partial charge in [-0.25, -0.2) is 0 Å². The Morgan fingerprint density at radius 2 is 2.17 bits per heavy atom. The van der Waals surface area contributed by atoms with Crippen LogP contribution in [0.25, 0.3) is 0 Å². The molecule has 2 atom stereocenters. The SMILES string of the molecule is CC(C)C(Oc1ccccc1Br)c1nc(C2CNCCN2C)no1. The van der Waals surface area contributed by atoms with Crippen molar-refractivity contribution in [3.05, 3.63) is 40.5 Å². The van der Waals surface area contributed by atoms with Crippen molar-refractivity contribution in [2.24, 2.45) is 5.92 Å². The van der Waals surface area contributed by atoms with Crippen molar-refractivity contribution in [3.63, 3.8) is 0 Å². The summed E-state index contributed by atoms with van der Waals surface area (Å²) in [6.07, 6.45) is -0.285. The van der Waals surface area contributed by atoms with Crippen LogP contribution in [0.4, 0.5) is 0 Å².